The van der Waals surface area contributed by atoms with Crippen molar-refractivity contribution in [1.29, 1.82) is 0 Å². The van der Waals surface area contributed by atoms with Crippen LogP contribution in [-0.4, -0.2) is 20.7 Å². The number of sulfonamides is 1. The van der Waals surface area contributed by atoms with Gasteiger partial charge in [0, 0.05) is 6.04 Å². The van der Waals surface area contributed by atoms with Gasteiger partial charge in [0.15, 0.2) is 0 Å². The topological polar surface area (TPSA) is 63.2 Å². The lowest BCUT2D eigenvalue weighted by molar-refractivity contribution is -0.104. The lowest BCUT2D eigenvalue weighted by Gasteiger charge is -2.13. The average Bonchev–Trinajstić information content (AvgIpc) is 2.83. The Bertz CT molecular complexity index is 590. The van der Waals surface area contributed by atoms with Crippen LogP contribution in [-0.2, 0) is 14.8 Å². The Kier molecular flexibility index (Phi) is 4.73. The normalized spacial score (nSPS) is 23.2. The third-order valence-electron chi connectivity index (χ3n) is 3.59. The maximum absolute atomic E-state index is 12.2. The fourth-order valence-corrected chi connectivity index (χ4v) is 3.79. The molecule has 0 aromatic heterocycles. The summed E-state index contributed by atoms with van der Waals surface area (Å²) in [7, 11) is -3.45. The van der Waals surface area contributed by atoms with Crippen molar-refractivity contribution in [3.63, 3.8) is 0 Å². The number of carbonyl (C=O) groups excluding carboxylic acids is 1. The summed E-state index contributed by atoms with van der Waals surface area (Å²) in [4.78, 5) is 10.6. The molecule has 1 fully saturated rings. The second-order valence-corrected chi connectivity index (χ2v) is 6.94. The SMILES string of the molecule is Cc1ccc(S(=O)(=O)N[C@@H]2CC[C@H](/C=C/C=O)C2)cc1. The Morgan fingerprint density at radius 3 is 2.55 bits per heavy atom. The van der Waals surface area contributed by atoms with Gasteiger partial charge in [0.1, 0.15) is 6.29 Å². The molecule has 1 aliphatic carbocycles. The van der Waals surface area contributed by atoms with Gasteiger partial charge in [0.2, 0.25) is 10.0 Å². The summed E-state index contributed by atoms with van der Waals surface area (Å²) in [6, 6.07) is 6.77. The highest BCUT2D eigenvalue weighted by molar-refractivity contribution is 7.89. The Balaban J connectivity index is 2.01. The van der Waals surface area contributed by atoms with Crippen LogP contribution in [0.4, 0.5) is 0 Å². The number of aryl methyl sites for hydroxylation is 1. The first-order valence-corrected chi connectivity index (χ1v) is 8.20. The molecule has 20 heavy (non-hydrogen) atoms. The zero-order valence-electron chi connectivity index (χ0n) is 11.5. The molecule has 1 aliphatic rings. The Labute approximate surface area is 119 Å². The van der Waals surface area contributed by atoms with E-state index in [0.29, 0.717) is 4.90 Å². The molecule has 0 heterocycles. The Morgan fingerprint density at radius 2 is 1.90 bits per heavy atom. The molecule has 1 aromatic carbocycles. The minimum Gasteiger partial charge on any atom is -0.299 e. The summed E-state index contributed by atoms with van der Waals surface area (Å²) in [5, 5.41) is 0. The van der Waals surface area contributed by atoms with Gasteiger partial charge in [-0.05, 0) is 50.3 Å². The van der Waals surface area contributed by atoms with Gasteiger partial charge in [-0.15, -0.1) is 0 Å². The van der Waals surface area contributed by atoms with Gasteiger partial charge in [-0.3, -0.25) is 4.79 Å². The fourth-order valence-electron chi connectivity index (χ4n) is 2.51. The molecule has 0 spiro atoms. The number of benzene rings is 1. The van der Waals surface area contributed by atoms with Crippen molar-refractivity contribution in [2.24, 2.45) is 5.92 Å². The third-order valence-corrected chi connectivity index (χ3v) is 5.12. The number of aldehydes is 1. The number of rotatable bonds is 5. The van der Waals surface area contributed by atoms with Crippen LogP contribution >= 0.6 is 0 Å². The summed E-state index contributed by atoms with van der Waals surface area (Å²) in [6.45, 7) is 1.92. The predicted molar refractivity (Wildman–Crippen MR) is 77.8 cm³/mol. The van der Waals surface area contributed by atoms with Gasteiger partial charge in [-0.25, -0.2) is 13.1 Å². The molecule has 0 saturated heterocycles. The molecular formula is C15H19NO3S. The zero-order chi connectivity index (χ0) is 14.6. The van der Waals surface area contributed by atoms with Crippen molar-refractivity contribution in [3.05, 3.63) is 42.0 Å². The van der Waals surface area contributed by atoms with E-state index < -0.39 is 10.0 Å². The monoisotopic (exact) mass is 293 g/mol. The van der Waals surface area contributed by atoms with E-state index >= 15 is 0 Å². The molecular weight excluding hydrogens is 274 g/mol. The quantitative estimate of drug-likeness (QED) is 0.668. The van der Waals surface area contributed by atoms with Crippen molar-refractivity contribution < 1.29 is 13.2 Å². The molecule has 1 aromatic rings. The first-order valence-electron chi connectivity index (χ1n) is 6.72. The first kappa shape index (κ1) is 14.9. The summed E-state index contributed by atoms with van der Waals surface area (Å²) in [5.41, 5.74) is 1.03. The maximum Gasteiger partial charge on any atom is 0.240 e. The highest BCUT2D eigenvalue weighted by Crippen LogP contribution is 2.27. The van der Waals surface area contributed by atoms with Crippen molar-refractivity contribution in [2.45, 2.75) is 37.1 Å². The number of hydrogen-bond donors (Lipinski definition) is 1. The molecule has 0 bridgehead atoms. The lowest BCUT2D eigenvalue weighted by Crippen LogP contribution is -2.32. The summed E-state index contributed by atoms with van der Waals surface area (Å²) >= 11 is 0. The highest BCUT2D eigenvalue weighted by Gasteiger charge is 2.27. The van der Waals surface area contributed by atoms with Crippen molar-refractivity contribution in [2.75, 3.05) is 0 Å². The van der Waals surface area contributed by atoms with Crippen LogP contribution in [0.25, 0.3) is 0 Å². The number of nitrogens with one attached hydrogen (secondary N) is 1. The van der Waals surface area contributed by atoms with Crippen LogP contribution in [0.5, 0.6) is 0 Å². The number of allylic oxidation sites excluding steroid dienone is 2. The van der Waals surface area contributed by atoms with Crippen LogP contribution in [0.15, 0.2) is 41.3 Å². The Morgan fingerprint density at radius 1 is 1.20 bits per heavy atom. The third kappa shape index (κ3) is 3.77. The second-order valence-electron chi connectivity index (χ2n) is 5.23. The van der Waals surface area contributed by atoms with Crippen LogP contribution in [0.2, 0.25) is 0 Å². The molecule has 108 valence electrons. The highest BCUT2D eigenvalue weighted by atomic mass is 32.2. The van der Waals surface area contributed by atoms with E-state index in [1.165, 1.54) is 6.08 Å². The van der Waals surface area contributed by atoms with Crippen LogP contribution in [0.3, 0.4) is 0 Å². The van der Waals surface area contributed by atoms with Gasteiger partial charge in [0.25, 0.3) is 0 Å². The molecule has 0 aliphatic heterocycles. The molecule has 5 heteroatoms. The summed E-state index contributed by atoms with van der Waals surface area (Å²) < 4.78 is 27.2. The van der Waals surface area contributed by atoms with E-state index in [4.69, 9.17) is 0 Å². The van der Waals surface area contributed by atoms with Crippen LogP contribution in [0, 0.1) is 12.8 Å². The van der Waals surface area contributed by atoms with E-state index in [1.54, 1.807) is 24.3 Å². The van der Waals surface area contributed by atoms with E-state index in [2.05, 4.69) is 4.72 Å². The molecule has 2 atom stereocenters. The molecule has 0 unspecified atom stereocenters. The molecule has 4 nitrogen and oxygen atoms in total. The van der Waals surface area contributed by atoms with Crippen molar-refractivity contribution in [1.82, 2.24) is 4.72 Å². The minimum atomic E-state index is -3.45. The Hall–Kier alpha value is -1.46. The molecule has 1 N–H and O–H groups in total. The molecule has 1 saturated carbocycles. The minimum absolute atomic E-state index is 0.0531. The first-order chi connectivity index (χ1) is 9.51. The molecule has 0 radical (unpaired) electrons. The summed E-state index contributed by atoms with van der Waals surface area (Å²) in [6.07, 6.45) is 6.55. The van der Waals surface area contributed by atoms with Gasteiger partial charge < -0.3 is 0 Å². The average molecular weight is 293 g/mol. The van der Waals surface area contributed by atoms with E-state index in [-0.39, 0.29) is 12.0 Å². The van der Waals surface area contributed by atoms with E-state index in [0.717, 1.165) is 31.1 Å². The summed E-state index contributed by atoms with van der Waals surface area (Å²) in [5.74, 6) is 0.283. The maximum atomic E-state index is 12.2. The van der Waals surface area contributed by atoms with Gasteiger partial charge in [-0.1, -0.05) is 23.8 Å². The second kappa shape index (κ2) is 6.33. The zero-order valence-corrected chi connectivity index (χ0v) is 12.3. The number of carbonyl (C=O) groups is 1. The van der Waals surface area contributed by atoms with Gasteiger partial charge in [0.05, 0.1) is 4.90 Å². The largest absolute Gasteiger partial charge is 0.299 e. The van der Waals surface area contributed by atoms with E-state index in [1.807, 2.05) is 13.0 Å². The lowest BCUT2D eigenvalue weighted by atomic mass is 10.1. The fraction of sp³-hybridized carbons (Fsp3) is 0.400. The van der Waals surface area contributed by atoms with Crippen LogP contribution in [0.1, 0.15) is 24.8 Å². The van der Waals surface area contributed by atoms with Gasteiger partial charge >= 0.3 is 0 Å². The van der Waals surface area contributed by atoms with Gasteiger partial charge in [-0.2, -0.15) is 0 Å². The van der Waals surface area contributed by atoms with E-state index in [9.17, 15) is 13.2 Å². The molecule has 2 rings (SSSR count). The standard InChI is InChI=1S/C15H19NO3S/c1-12-4-8-15(9-5-12)20(18,19)16-14-7-6-13(11-14)3-2-10-17/h2-5,8-10,13-14,16H,6-7,11H2,1H3/b3-2+/t13-,14+/m0/s1. The van der Waals surface area contributed by atoms with Crippen molar-refractivity contribution in [3.8, 4) is 0 Å². The predicted octanol–water partition coefficient (Wildman–Crippen LogP) is 2.20. The number of hydrogen-bond acceptors (Lipinski definition) is 3. The van der Waals surface area contributed by atoms with Crippen molar-refractivity contribution >= 4 is 16.3 Å². The smallest absolute Gasteiger partial charge is 0.240 e. The molecule has 0 amide bonds. The van der Waals surface area contributed by atoms with Crippen LogP contribution < -0.4 is 4.72 Å².